The summed E-state index contributed by atoms with van der Waals surface area (Å²) in [4.78, 5) is 0. The summed E-state index contributed by atoms with van der Waals surface area (Å²) in [6.45, 7) is 0. The SMILES string of the molecule is c1ccc(-c2cccc(C(c3ccccc3)(c3ccccc3)c3ccc4c(c3)c3ccccc3n4-c3ccc4c(c3)c3cc(-c5c(-c6ccccc6)cccc5-c5ccccc5)ccc3n4-c3ccccc3)c2)cc1. The number of benzene rings is 12. The van der Waals surface area contributed by atoms with Gasteiger partial charge in [-0.15, -0.1) is 0 Å². The van der Waals surface area contributed by atoms with Gasteiger partial charge in [-0.05, 0) is 133 Å². The van der Waals surface area contributed by atoms with E-state index >= 15 is 0 Å². The summed E-state index contributed by atoms with van der Waals surface area (Å²) in [5.74, 6) is 0. The number of nitrogens with zero attached hydrogens (tertiary/aromatic N) is 2. The van der Waals surface area contributed by atoms with Crippen LogP contribution in [0.4, 0.5) is 0 Å². The summed E-state index contributed by atoms with van der Waals surface area (Å²) in [6.07, 6.45) is 0. The maximum atomic E-state index is 2.48. The van der Waals surface area contributed by atoms with E-state index in [1.54, 1.807) is 0 Å². The summed E-state index contributed by atoms with van der Waals surface area (Å²) in [7, 11) is 0. The Labute approximate surface area is 437 Å². The second kappa shape index (κ2) is 18.4. The fraction of sp³-hybridized carbons (Fsp3) is 0.0137. The summed E-state index contributed by atoms with van der Waals surface area (Å²) in [6, 6.07) is 112. The molecular weight excluding hydrogens is 905 g/mol. The third-order valence-electron chi connectivity index (χ3n) is 15.5. The van der Waals surface area contributed by atoms with Crippen molar-refractivity contribution in [1.82, 2.24) is 9.13 Å². The molecule has 352 valence electrons. The molecule has 0 spiro atoms. The fourth-order valence-corrected chi connectivity index (χ4v) is 12.2. The van der Waals surface area contributed by atoms with Crippen molar-refractivity contribution >= 4 is 43.6 Å². The molecule has 14 aromatic rings. The molecular formula is C73H50N2. The molecule has 0 unspecified atom stereocenters. The van der Waals surface area contributed by atoms with Gasteiger partial charge in [0.15, 0.2) is 0 Å². The first kappa shape index (κ1) is 44.0. The van der Waals surface area contributed by atoms with Crippen LogP contribution in [0.15, 0.2) is 303 Å². The zero-order valence-electron chi connectivity index (χ0n) is 41.3. The highest BCUT2D eigenvalue weighted by atomic mass is 15.0. The van der Waals surface area contributed by atoms with E-state index < -0.39 is 5.41 Å². The molecule has 0 bridgehead atoms. The minimum absolute atomic E-state index is 0.639. The van der Waals surface area contributed by atoms with Gasteiger partial charge >= 0.3 is 0 Å². The van der Waals surface area contributed by atoms with Crippen molar-refractivity contribution in [3.8, 4) is 55.9 Å². The zero-order chi connectivity index (χ0) is 49.7. The molecule has 0 saturated carbocycles. The molecule has 0 aliphatic rings. The standard InChI is InChI=1S/C73H50N2/c1-7-23-51(24-8-1)54-29-21-34-58(47-54)73(56-30-13-4-14-31-56,57-32-15-5-16-33-57)59-42-45-70-66(49-59)64-37-19-20-40-68(64)75(70)61-43-46-71-67(50-61)65-48-55(41-44-69(65)74(71)60-35-17-6-18-36-60)72-62(52-25-9-2-10-26-52)38-22-39-63(72)53-27-11-3-12-28-53/h1-50H. The summed E-state index contributed by atoms with van der Waals surface area (Å²) in [5.41, 5.74) is 20.7. The molecule has 0 saturated heterocycles. The van der Waals surface area contributed by atoms with Crippen LogP contribution in [-0.2, 0) is 5.41 Å². The van der Waals surface area contributed by atoms with Gasteiger partial charge in [-0.2, -0.15) is 0 Å². The molecule has 2 heterocycles. The highest BCUT2D eigenvalue weighted by molar-refractivity contribution is 6.14. The van der Waals surface area contributed by atoms with Gasteiger partial charge in [0.2, 0.25) is 0 Å². The Morgan fingerprint density at radius 2 is 0.640 bits per heavy atom. The number of hydrogen-bond acceptors (Lipinski definition) is 0. The van der Waals surface area contributed by atoms with Crippen LogP contribution in [-0.4, -0.2) is 9.13 Å². The Balaban J connectivity index is 1.01. The molecule has 0 radical (unpaired) electrons. The largest absolute Gasteiger partial charge is 0.309 e. The Morgan fingerprint density at radius 1 is 0.213 bits per heavy atom. The van der Waals surface area contributed by atoms with Gasteiger partial charge in [-0.1, -0.05) is 237 Å². The molecule has 14 rings (SSSR count). The maximum Gasteiger partial charge on any atom is 0.0702 e. The molecule has 2 aromatic heterocycles. The second-order valence-corrected chi connectivity index (χ2v) is 19.6. The lowest BCUT2D eigenvalue weighted by atomic mass is 9.64. The van der Waals surface area contributed by atoms with E-state index in [-0.39, 0.29) is 0 Å². The van der Waals surface area contributed by atoms with Gasteiger partial charge in [0.1, 0.15) is 0 Å². The van der Waals surface area contributed by atoms with Gasteiger partial charge in [-0.3, -0.25) is 0 Å². The van der Waals surface area contributed by atoms with Crippen LogP contribution < -0.4 is 0 Å². The third-order valence-corrected chi connectivity index (χ3v) is 15.5. The average Bonchev–Trinajstić information content (AvgIpc) is 4.02. The van der Waals surface area contributed by atoms with Gasteiger partial charge in [0.05, 0.1) is 27.5 Å². The zero-order valence-corrected chi connectivity index (χ0v) is 41.3. The Hall–Kier alpha value is -9.76. The minimum atomic E-state index is -0.639. The third kappa shape index (κ3) is 7.33. The summed E-state index contributed by atoms with van der Waals surface area (Å²) in [5, 5.41) is 4.81. The van der Waals surface area contributed by atoms with E-state index in [0.29, 0.717) is 0 Å². The van der Waals surface area contributed by atoms with Gasteiger partial charge in [-0.25, -0.2) is 0 Å². The first-order valence-corrected chi connectivity index (χ1v) is 25.9. The molecule has 0 atom stereocenters. The first-order chi connectivity index (χ1) is 37.2. The molecule has 2 nitrogen and oxygen atoms in total. The lowest BCUT2D eigenvalue weighted by Gasteiger charge is -2.37. The van der Waals surface area contributed by atoms with Crippen LogP contribution in [0.5, 0.6) is 0 Å². The van der Waals surface area contributed by atoms with Crippen molar-refractivity contribution in [3.05, 3.63) is 326 Å². The summed E-state index contributed by atoms with van der Waals surface area (Å²) >= 11 is 0. The van der Waals surface area contributed by atoms with Crippen LogP contribution in [0.1, 0.15) is 22.3 Å². The maximum absolute atomic E-state index is 2.48. The van der Waals surface area contributed by atoms with Crippen molar-refractivity contribution in [2.45, 2.75) is 5.41 Å². The molecule has 0 aliphatic carbocycles. The van der Waals surface area contributed by atoms with E-state index in [9.17, 15) is 0 Å². The Kier molecular flexibility index (Phi) is 10.8. The monoisotopic (exact) mass is 954 g/mol. The van der Waals surface area contributed by atoms with Crippen molar-refractivity contribution in [1.29, 1.82) is 0 Å². The molecule has 0 fully saturated rings. The predicted octanol–water partition coefficient (Wildman–Crippen LogP) is 18.9. The van der Waals surface area contributed by atoms with Crippen LogP contribution >= 0.6 is 0 Å². The molecule has 0 N–H and O–H groups in total. The van der Waals surface area contributed by atoms with E-state index in [1.807, 2.05) is 0 Å². The molecule has 0 aliphatic heterocycles. The topological polar surface area (TPSA) is 9.86 Å². The number of hydrogen-bond donors (Lipinski definition) is 0. The van der Waals surface area contributed by atoms with Gasteiger partial charge < -0.3 is 9.13 Å². The van der Waals surface area contributed by atoms with E-state index in [4.69, 9.17) is 0 Å². The molecule has 12 aromatic carbocycles. The number of aromatic nitrogens is 2. The average molecular weight is 955 g/mol. The minimum Gasteiger partial charge on any atom is -0.309 e. The van der Waals surface area contributed by atoms with E-state index in [1.165, 1.54) is 88.3 Å². The van der Waals surface area contributed by atoms with Crippen molar-refractivity contribution < 1.29 is 0 Å². The smallest absolute Gasteiger partial charge is 0.0702 e. The lowest BCUT2D eigenvalue weighted by molar-refractivity contribution is 0.747. The van der Waals surface area contributed by atoms with Crippen LogP contribution in [0.25, 0.3) is 99.5 Å². The van der Waals surface area contributed by atoms with Crippen molar-refractivity contribution in [2.24, 2.45) is 0 Å². The van der Waals surface area contributed by atoms with Crippen molar-refractivity contribution in [3.63, 3.8) is 0 Å². The summed E-state index contributed by atoms with van der Waals surface area (Å²) < 4.78 is 4.90. The number of fused-ring (bicyclic) bond motifs is 6. The second-order valence-electron chi connectivity index (χ2n) is 19.6. The van der Waals surface area contributed by atoms with Crippen molar-refractivity contribution in [2.75, 3.05) is 0 Å². The molecule has 0 amide bonds. The normalized spacial score (nSPS) is 11.7. The van der Waals surface area contributed by atoms with Crippen LogP contribution in [0.2, 0.25) is 0 Å². The lowest BCUT2D eigenvalue weighted by Crippen LogP contribution is -2.31. The van der Waals surface area contributed by atoms with E-state index in [2.05, 4.69) is 312 Å². The predicted molar refractivity (Wildman–Crippen MR) is 315 cm³/mol. The number of rotatable bonds is 10. The van der Waals surface area contributed by atoms with Crippen LogP contribution in [0, 0.1) is 0 Å². The molecule has 2 heteroatoms. The van der Waals surface area contributed by atoms with Gasteiger partial charge in [0, 0.05) is 32.9 Å². The highest BCUT2D eigenvalue weighted by Gasteiger charge is 2.39. The molecule has 75 heavy (non-hydrogen) atoms. The van der Waals surface area contributed by atoms with Crippen LogP contribution in [0.3, 0.4) is 0 Å². The first-order valence-electron chi connectivity index (χ1n) is 25.9. The van der Waals surface area contributed by atoms with Gasteiger partial charge in [0.25, 0.3) is 0 Å². The fourth-order valence-electron chi connectivity index (χ4n) is 12.2. The van der Waals surface area contributed by atoms with E-state index in [0.717, 1.165) is 33.4 Å². The number of para-hydroxylation sites is 2. The highest BCUT2D eigenvalue weighted by Crippen LogP contribution is 2.49. The Bertz CT molecular complexity index is 4270. The Morgan fingerprint density at radius 3 is 1.27 bits per heavy atom. The quantitative estimate of drug-likeness (QED) is 0.121.